The van der Waals surface area contributed by atoms with Gasteiger partial charge in [0.15, 0.2) is 12.8 Å². The largest absolute Gasteiger partial charge is 0.357 e. The van der Waals surface area contributed by atoms with Gasteiger partial charge in [-0.1, -0.05) is 21.2 Å². The summed E-state index contributed by atoms with van der Waals surface area (Å²) in [5, 5.41) is 3.71. The Morgan fingerprint density at radius 3 is 2.67 bits per heavy atom. The fourth-order valence-corrected chi connectivity index (χ4v) is 0.912. The van der Waals surface area contributed by atoms with Gasteiger partial charge in [-0.3, -0.25) is 0 Å². The molecule has 1 aromatic heterocycles. The van der Waals surface area contributed by atoms with Crippen LogP contribution in [-0.2, 0) is 0 Å². The van der Waals surface area contributed by atoms with Crippen LogP contribution in [0.25, 0.3) is 0 Å². The van der Waals surface area contributed by atoms with Crippen molar-refractivity contribution in [2.45, 2.75) is 11.7 Å². The Labute approximate surface area is 62.2 Å². The molecule has 47 valence electrons. The minimum atomic E-state index is 0.687. The van der Waals surface area contributed by atoms with Crippen LogP contribution in [0.3, 0.4) is 0 Å². The Hall–Kier alpha value is 0.0549. The number of hydrogen-bond donors (Lipinski definition) is 1. The van der Waals surface area contributed by atoms with Crippen LogP contribution in [0.1, 0.15) is 0 Å². The average Bonchev–Trinajstić information content (AvgIpc) is 2.15. The van der Waals surface area contributed by atoms with Gasteiger partial charge in [-0.2, -0.15) is 0 Å². The molecule has 5 heteroatoms. The van der Waals surface area contributed by atoms with E-state index < -0.39 is 0 Å². The predicted molar refractivity (Wildman–Crippen MR) is 44.4 cm³/mol. The maximum absolute atomic E-state index is 4.79. The first-order valence-corrected chi connectivity index (χ1v) is 3.51. The summed E-state index contributed by atoms with van der Waals surface area (Å²) in [5.41, 5.74) is 1.48. The van der Waals surface area contributed by atoms with E-state index in [1.54, 1.807) is 0 Å². The van der Waals surface area contributed by atoms with E-state index >= 15 is 0 Å². The van der Waals surface area contributed by atoms with E-state index in [9.17, 15) is 0 Å². The Bertz CT molecular complexity index is 214. The van der Waals surface area contributed by atoms with Crippen molar-refractivity contribution in [1.29, 1.82) is 0 Å². The van der Waals surface area contributed by atoms with E-state index in [0.717, 1.165) is 10.5 Å². The van der Waals surface area contributed by atoms with Crippen molar-refractivity contribution >= 4 is 40.2 Å². The molecule has 0 aromatic carbocycles. The van der Waals surface area contributed by atoms with Gasteiger partial charge < -0.3 is 4.52 Å². The molecule has 0 spiro atoms. The molecule has 1 heterocycles. The van der Waals surface area contributed by atoms with Gasteiger partial charge in [0.25, 0.3) is 0 Å². The minimum absolute atomic E-state index is 0.687. The summed E-state index contributed by atoms with van der Waals surface area (Å²) in [5.74, 6) is 0. The molecular formula is C4H6BNOPS. The minimum Gasteiger partial charge on any atom is -0.357 e. The normalized spacial score (nSPS) is 9.67. The molecule has 0 saturated heterocycles. The van der Waals surface area contributed by atoms with Crippen LogP contribution in [-0.4, -0.2) is 12.4 Å². The number of thiol groups is 1. The van der Waals surface area contributed by atoms with Crippen LogP contribution >= 0.6 is 21.9 Å². The Balaban J connectivity index is 3.04. The zero-order valence-corrected chi connectivity index (χ0v) is 7.01. The van der Waals surface area contributed by atoms with Crippen LogP contribution in [0.15, 0.2) is 9.42 Å². The van der Waals surface area contributed by atoms with Gasteiger partial charge in [-0.25, -0.2) is 0 Å². The van der Waals surface area contributed by atoms with Crippen LogP contribution < -0.4 is 11.1 Å². The lowest BCUT2D eigenvalue weighted by molar-refractivity contribution is 0.452. The highest BCUT2D eigenvalue weighted by atomic mass is 32.1. The summed E-state index contributed by atoms with van der Waals surface area (Å²) in [4.78, 5) is 0.794. The van der Waals surface area contributed by atoms with E-state index in [0.29, 0.717) is 5.50 Å². The van der Waals surface area contributed by atoms with Gasteiger partial charge in [-0.05, 0) is 0 Å². The highest BCUT2D eigenvalue weighted by molar-refractivity contribution is 7.81. The third-order valence-corrected chi connectivity index (χ3v) is 2.08. The molecule has 1 radical (unpaired) electrons. The van der Waals surface area contributed by atoms with E-state index in [1.807, 2.05) is 14.1 Å². The lowest BCUT2D eigenvalue weighted by Gasteiger charge is -1.83. The van der Waals surface area contributed by atoms with Gasteiger partial charge in [0.05, 0.1) is 10.5 Å². The van der Waals surface area contributed by atoms with E-state index in [2.05, 4.69) is 27.0 Å². The van der Waals surface area contributed by atoms with E-state index in [4.69, 9.17) is 4.52 Å². The van der Waals surface area contributed by atoms with Crippen molar-refractivity contribution in [1.82, 2.24) is 5.16 Å². The smallest absolute Gasteiger partial charge is 0.180 e. The van der Waals surface area contributed by atoms with E-state index in [1.165, 1.54) is 0 Å². The zero-order valence-electron chi connectivity index (χ0n) is 4.96. The van der Waals surface area contributed by atoms with Crippen LogP contribution in [0.5, 0.6) is 0 Å². The lowest BCUT2D eigenvalue weighted by Crippen LogP contribution is -2.13. The number of nitrogens with zero attached hydrogens (tertiary/aromatic N) is 1. The summed E-state index contributed by atoms with van der Waals surface area (Å²) >= 11 is 4.13. The molecule has 1 aromatic rings. The van der Waals surface area contributed by atoms with Crippen LogP contribution in [0.4, 0.5) is 0 Å². The maximum atomic E-state index is 4.79. The van der Waals surface area contributed by atoms with Crippen LogP contribution in [0, 0.1) is 0 Å². The molecule has 9 heavy (non-hydrogen) atoms. The first-order chi connectivity index (χ1) is 4.25. The van der Waals surface area contributed by atoms with Crippen molar-refractivity contribution in [3.05, 3.63) is 0 Å². The molecular weight excluding hydrogens is 152 g/mol. The standard InChI is InChI=1S/C4H6BNOPS/c1-5-3-2(9)4(8)7-6-3/h9H,8H2,1H3. The molecule has 1 atom stereocenters. The first kappa shape index (κ1) is 7.17. The first-order valence-electron chi connectivity index (χ1n) is 2.49. The third-order valence-electron chi connectivity index (χ3n) is 0.992. The molecule has 0 saturated carbocycles. The highest BCUT2D eigenvalue weighted by Gasteiger charge is 2.05. The van der Waals surface area contributed by atoms with Crippen molar-refractivity contribution in [2.24, 2.45) is 0 Å². The Morgan fingerprint density at radius 2 is 2.44 bits per heavy atom. The molecule has 0 aliphatic carbocycles. The monoisotopic (exact) mass is 158 g/mol. The van der Waals surface area contributed by atoms with Crippen LogP contribution in [0.2, 0.25) is 6.82 Å². The van der Waals surface area contributed by atoms with Gasteiger partial charge in [0.1, 0.15) is 0 Å². The average molecular weight is 158 g/mol. The molecule has 0 fully saturated rings. The lowest BCUT2D eigenvalue weighted by atomic mass is 9.78. The SMILES string of the molecule is C[B]c1noc(P)c1S. The van der Waals surface area contributed by atoms with Crippen molar-refractivity contribution in [2.75, 3.05) is 0 Å². The molecule has 0 bridgehead atoms. The third kappa shape index (κ3) is 1.30. The summed E-state index contributed by atoms with van der Waals surface area (Å²) < 4.78 is 4.79. The molecule has 0 aliphatic heterocycles. The Morgan fingerprint density at radius 1 is 1.78 bits per heavy atom. The van der Waals surface area contributed by atoms with Crippen molar-refractivity contribution < 1.29 is 4.52 Å². The summed E-state index contributed by atoms with van der Waals surface area (Å²) in [6, 6.07) is 0. The maximum Gasteiger partial charge on any atom is 0.180 e. The highest BCUT2D eigenvalue weighted by Crippen LogP contribution is 2.00. The van der Waals surface area contributed by atoms with Gasteiger partial charge >= 0.3 is 0 Å². The summed E-state index contributed by atoms with van der Waals surface area (Å²) in [6.45, 7) is 1.89. The molecule has 0 amide bonds. The van der Waals surface area contributed by atoms with Gasteiger partial charge in [0.2, 0.25) is 0 Å². The second kappa shape index (κ2) is 2.76. The zero-order chi connectivity index (χ0) is 6.85. The molecule has 2 nitrogen and oxygen atoms in total. The molecule has 1 rings (SSSR count). The fourth-order valence-electron chi connectivity index (χ4n) is 0.500. The van der Waals surface area contributed by atoms with Crippen molar-refractivity contribution in [3.63, 3.8) is 0 Å². The fraction of sp³-hybridized carbons (Fsp3) is 0.250. The number of aromatic nitrogens is 1. The Kier molecular flexibility index (Phi) is 2.20. The number of rotatable bonds is 1. The number of hydrogen-bond acceptors (Lipinski definition) is 3. The summed E-state index contributed by atoms with van der Waals surface area (Å²) in [7, 11) is 4.26. The molecule has 0 aliphatic rings. The van der Waals surface area contributed by atoms with Crippen molar-refractivity contribution in [3.8, 4) is 0 Å². The van der Waals surface area contributed by atoms with Gasteiger partial charge in [0, 0.05) is 0 Å². The molecule has 0 N–H and O–H groups in total. The van der Waals surface area contributed by atoms with Gasteiger partial charge in [-0.15, -0.1) is 12.6 Å². The molecule has 1 unspecified atom stereocenters. The predicted octanol–water partition coefficient (Wildman–Crippen LogP) is -0.159. The second-order valence-electron chi connectivity index (χ2n) is 1.57. The quantitative estimate of drug-likeness (QED) is 0.349. The second-order valence-corrected chi connectivity index (χ2v) is 2.54. The van der Waals surface area contributed by atoms with E-state index in [-0.39, 0.29) is 0 Å². The topological polar surface area (TPSA) is 26.0 Å². The summed E-state index contributed by atoms with van der Waals surface area (Å²) in [6.07, 6.45) is 0.